The first-order chi connectivity index (χ1) is 15.7. The molecular weight excluding hydrogens is 457 g/mol. The summed E-state index contributed by atoms with van der Waals surface area (Å²) in [5.41, 5.74) is 7.71. The lowest BCUT2D eigenvalue weighted by molar-refractivity contribution is -0.274. The molecule has 0 aliphatic heterocycles. The minimum Gasteiger partial charge on any atom is -0.497 e. The van der Waals surface area contributed by atoms with Crippen LogP contribution in [-0.2, 0) is 0 Å². The van der Waals surface area contributed by atoms with Crippen molar-refractivity contribution in [1.82, 2.24) is 4.98 Å². The number of nitrogens with two attached hydrogens (primary N) is 1. The van der Waals surface area contributed by atoms with Gasteiger partial charge in [-0.2, -0.15) is 0 Å². The molecule has 0 saturated heterocycles. The highest BCUT2D eigenvalue weighted by Crippen LogP contribution is 2.40. The number of benzene rings is 3. The van der Waals surface area contributed by atoms with Gasteiger partial charge in [0.15, 0.2) is 0 Å². The van der Waals surface area contributed by atoms with E-state index in [0.29, 0.717) is 21.9 Å². The molecule has 0 aliphatic carbocycles. The first kappa shape index (κ1) is 22.4. The van der Waals surface area contributed by atoms with E-state index >= 15 is 0 Å². The predicted molar refractivity (Wildman–Crippen MR) is 119 cm³/mol. The van der Waals surface area contributed by atoms with Crippen LogP contribution in [0.5, 0.6) is 17.2 Å². The summed E-state index contributed by atoms with van der Waals surface area (Å²) in [5.74, 6) is -0.226. The van der Waals surface area contributed by atoms with Crippen LogP contribution >= 0.6 is 11.3 Å². The van der Waals surface area contributed by atoms with Gasteiger partial charge in [0, 0.05) is 0 Å². The second kappa shape index (κ2) is 8.62. The van der Waals surface area contributed by atoms with Crippen molar-refractivity contribution in [2.24, 2.45) is 5.73 Å². The van der Waals surface area contributed by atoms with Crippen molar-refractivity contribution < 1.29 is 32.2 Å². The molecule has 170 valence electrons. The second-order valence-electron chi connectivity index (χ2n) is 6.89. The minimum atomic E-state index is -4.89. The van der Waals surface area contributed by atoms with Gasteiger partial charge in [-0.15, -0.1) is 24.5 Å². The number of aromatic nitrogens is 1. The molecule has 6 nitrogen and oxygen atoms in total. The fourth-order valence-electron chi connectivity index (χ4n) is 3.36. The quantitative estimate of drug-likeness (QED) is 0.391. The highest BCUT2D eigenvalue weighted by atomic mass is 32.1. The standard InChI is InChI=1S/C23H17F3N2O4S/c1-30-13-5-8-18-20(11-13)33-22(28-18)16-6-3-12(9-19(16)31-2)15-7-4-14(32-23(24,25)26)10-17(15)21(27)29/h3-11H,1-2H3,(H2,27,29). The Bertz CT molecular complexity index is 1350. The molecule has 0 aliphatic rings. The van der Waals surface area contributed by atoms with Gasteiger partial charge in [-0.25, -0.2) is 4.98 Å². The maximum absolute atomic E-state index is 12.6. The number of alkyl halides is 3. The van der Waals surface area contributed by atoms with Crippen molar-refractivity contribution >= 4 is 27.5 Å². The van der Waals surface area contributed by atoms with E-state index in [2.05, 4.69) is 9.72 Å². The Hall–Kier alpha value is -3.79. The summed E-state index contributed by atoms with van der Waals surface area (Å²) in [7, 11) is 3.08. The Kier molecular flexibility index (Phi) is 5.86. The highest BCUT2D eigenvalue weighted by molar-refractivity contribution is 7.21. The summed E-state index contributed by atoms with van der Waals surface area (Å²) in [5, 5.41) is 0.714. The van der Waals surface area contributed by atoms with E-state index in [-0.39, 0.29) is 5.56 Å². The van der Waals surface area contributed by atoms with Crippen LogP contribution in [0.1, 0.15) is 10.4 Å². The number of hydrogen-bond donors (Lipinski definition) is 1. The van der Waals surface area contributed by atoms with E-state index in [9.17, 15) is 18.0 Å². The number of hydrogen-bond acceptors (Lipinski definition) is 6. The number of amides is 1. The molecule has 1 heterocycles. The van der Waals surface area contributed by atoms with Gasteiger partial charge in [0.1, 0.15) is 22.3 Å². The lowest BCUT2D eigenvalue weighted by Crippen LogP contribution is -2.18. The third-order valence-electron chi connectivity index (χ3n) is 4.83. The number of carbonyl (C=O) groups excluding carboxylic acids is 1. The molecular formula is C23H17F3N2O4S. The number of primary amides is 1. The molecule has 0 fully saturated rings. The number of nitrogens with zero attached hydrogens (tertiary/aromatic N) is 1. The van der Waals surface area contributed by atoms with Gasteiger partial charge >= 0.3 is 6.36 Å². The van der Waals surface area contributed by atoms with E-state index in [1.54, 1.807) is 25.3 Å². The average molecular weight is 474 g/mol. The number of rotatable bonds is 6. The van der Waals surface area contributed by atoms with Gasteiger partial charge < -0.3 is 19.9 Å². The number of halogens is 3. The van der Waals surface area contributed by atoms with Crippen LogP contribution in [0.3, 0.4) is 0 Å². The van der Waals surface area contributed by atoms with E-state index in [0.717, 1.165) is 33.7 Å². The van der Waals surface area contributed by atoms with Gasteiger partial charge in [0.25, 0.3) is 0 Å². The normalized spacial score (nSPS) is 11.4. The molecule has 0 bridgehead atoms. The van der Waals surface area contributed by atoms with Crippen molar-refractivity contribution in [2.75, 3.05) is 14.2 Å². The molecule has 4 rings (SSSR count). The van der Waals surface area contributed by atoms with Crippen LogP contribution in [0.15, 0.2) is 54.6 Å². The lowest BCUT2D eigenvalue weighted by atomic mass is 9.97. The van der Waals surface area contributed by atoms with Crippen LogP contribution < -0.4 is 19.9 Å². The summed E-state index contributed by atoms with van der Waals surface area (Å²) in [4.78, 5) is 16.6. The molecule has 10 heteroatoms. The van der Waals surface area contributed by atoms with Gasteiger partial charge in [-0.1, -0.05) is 6.07 Å². The third kappa shape index (κ3) is 4.70. The zero-order chi connectivity index (χ0) is 23.8. The zero-order valence-electron chi connectivity index (χ0n) is 17.4. The monoisotopic (exact) mass is 474 g/mol. The topological polar surface area (TPSA) is 83.7 Å². The van der Waals surface area contributed by atoms with Crippen molar-refractivity contribution in [1.29, 1.82) is 0 Å². The molecule has 3 aromatic carbocycles. The van der Waals surface area contributed by atoms with Gasteiger partial charge in [-0.05, 0) is 59.7 Å². The molecule has 0 saturated carbocycles. The molecule has 2 N–H and O–H groups in total. The molecule has 0 spiro atoms. The van der Waals surface area contributed by atoms with Gasteiger partial charge in [-0.3, -0.25) is 4.79 Å². The summed E-state index contributed by atoms with van der Waals surface area (Å²) >= 11 is 1.46. The van der Waals surface area contributed by atoms with E-state index < -0.39 is 18.0 Å². The molecule has 33 heavy (non-hydrogen) atoms. The molecule has 1 aromatic heterocycles. The zero-order valence-corrected chi connectivity index (χ0v) is 18.2. The Morgan fingerprint density at radius 1 is 0.939 bits per heavy atom. The lowest BCUT2D eigenvalue weighted by Gasteiger charge is -2.14. The summed E-state index contributed by atoms with van der Waals surface area (Å²) in [6.07, 6.45) is -4.89. The predicted octanol–water partition coefficient (Wildman–Crippen LogP) is 5.65. The highest BCUT2D eigenvalue weighted by Gasteiger charge is 2.31. The van der Waals surface area contributed by atoms with Crippen LogP contribution in [0, 0.1) is 0 Å². The minimum absolute atomic E-state index is 0.112. The van der Waals surface area contributed by atoms with Crippen LogP contribution in [0.2, 0.25) is 0 Å². The van der Waals surface area contributed by atoms with Crippen molar-refractivity contribution in [3.8, 4) is 38.9 Å². The van der Waals surface area contributed by atoms with E-state index in [4.69, 9.17) is 15.2 Å². The Morgan fingerprint density at radius 3 is 2.33 bits per heavy atom. The smallest absolute Gasteiger partial charge is 0.497 e. The summed E-state index contributed by atoms with van der Waals surface area (Å²) in [6, 6.07) is 14.2. The maximum Gasteiger partial charge on any atom is 0.573 e. The second-order valence-corrected chi connectivity index (χ2v) is 7.92. The van der Waals surface area contributed by atoms with Crippen LogP contribution in [-0.4, -0.2) is 31.5 Å². The Labute approximate surface area is 190 Å². The number of fused-ring (bicyclic) bond motifs is 1. The molecule has 0 radical (unpaired) electrons. The largest absolute Gasteiger partial charge is 0.573 e. The maximum atomic E-state index is 12.6. The Balaban J connectivity index is 1.76. The number of methoxy groups -OCH3 is 2. The van der Waals surface area contributed by atoms with Crippen molar-refractivity contribution in [3.05, 3.63) is 60.2 Å². The van der Waals surface area contributed by atoms with E-state index in [1.165, 1.54) is 24.5 Å². The van der Waals surface area contributed by atoms with Crippen LogP contribution in [0.4, 0.5) is 13.2 Å². The van der Waals surface area contributed by atoms with Gasteiger partial charge in [0.2, 0.25) is 5.91 Å². The molecule has 1 amide bonds. The number of carbonyl (C=O) groups is 1. The fourth-order valence-corrected chi connectivity index (χ4v) is 4.38. The Morgan fingerprint density at radius 2 is 1.67 bits per heavy atom. The number of ether oxygens (including phenoxy) is 3. The SMILES string of the molecule is COc1ccc2nc(-c3ccc(-c4ccc(OC(F)(F)F)cc4C(N)=O)cc3OC)sc2c1. The van der Waals surface area contributed by atoms with Crippen LogP contribution in [0.25, 0.3) is 31.9 Å². The first-order valence-electron chi connectivity index (χ1n) is 9.51. The number of thiazole rings is 1. The molecule has 0 unspecified atom stereocenters. The van der Waals surface area contributed by atoms with Crippen molar-refractivity contribution in [2.45, 2.75) is 6.36 Å². The summed E-state index contributed by atoms with van der Waals surface area (Å²) < 4.78 is 53.3. The fraction of sp³-hybridized carbons (Fsp3) is 0.130. The van der Waals surface area contributed by atoms with E-state index in [1.807, 2.05) is 18.2 Å². The molecule has 4 aromatic rings. The first-order valence-corrected chi connectivity index (χ1v) is 10.3. The summed E-state index contributed by atoms with van der Waals surface area (Å²) in [6.45, 7) is 0. The van der Waals surface area contributed by atoms with Gasteiger partial charge in [0.05, 0.1) is 35.6 Å². The molecule has 0 atom stereocenters. The third-order valence-corrected chi connectivity index (χ3v) is 5.88. The van der Waals surface area contributed by atoms with Crippen molar-refractivity contribution in [3.63, 3.8) is 0 Å². The average Bonchev–Trinajstić information content (AvgIpc) is 3.20.